The second-order valence-corrected chi connectivity index (χ2v) is 12.5. The van der Waals surface area contributed by atoms with Gasteiger partial charge in [0.15, 0.2) is 0 Å². The van der Waals surface area contributed by atoms with E-state index in [2.05, 4.69) is 36.2 Å². The highest BCUT2D eigenvalue weighted by Gasteiger charge is 2.40. The standard InChI is InChI=1S/C31H52N2O4/c1-2-21-6-3-4-8-27(35)31-23(10-9-21)11-12-24(19-28(31)36)25-13-14-26(34)29(20-25)37-17-5-7-22-15-16-33-30(32)18-22/h11-12,21-31,33-36H,2-8,13-20,32H2,1H3/p+1/t21-,22?,23-,24-,25?,26?,27+,28-,29?,30?,31+/m1/s1. The lowest BCUT2D eigenvalue weighted by Crippen LogP contribution is -2.94. The molecule has 2 fully saturated rings. The number of hydrogen-bond donors (Lipinski definition) is 5. The van der Waals surface area contributed by atoms with E-state index in [4.69, 9.17) is 10.5 Å². The fourth-order valence-corrected chi connectivity index (χ4v) is 7.39. The second-order valence-electron chi connectivity index (χ2n) is 12.5. The zero-order valence-electron chi connectivity index (χ0n) is 23.0. The van der Waals surface area contributed by atoms with Gasteiger partial charge in [-0.3, -0.25) is 5.73 Å². The molecule has 6 heteroatoms. The molecule has 0 aromatic rings. The summed E-state index contributed by atoms with van der Waals surface area (Å²) in [5.74, 6) is 8.32. The van der Waals surface area contributed by atoms with Crippen LogP contribution in [0, 0.1) is 47.3 Å². The average molecular weight is 518 g/mol. The van der Waals surface area contributed by atoms with Crippen LogP contribution in [-0.4, -0.2) is 59.1 Å². The molecule has 1 heterocycles. The van der Waals surface area contributed by atoms with E-state index in [0.29, 0.717) is 30.8 Å². The van der Waals surface area contributed by atoms with E-state index in [0.717, 1.165) is 77.2 Å². The molecule has 3 aliphatic carbocycles. The van der Waals surface area contributed by atoms with E-state index >= 15 is 0 Å². The summed E-state index contributed by atoms with van der Waals surface area (Å²) in [7, 11) is 0. The maximum atomic E-state index is 11.3. The fourth-order valence-electron chi connectivity index (χ4n) is 7.39. The molecule has 37 heavy (non-hydrogen) atoms. The van der Waals surface area contributed by atoms with E-state index in [-0.39, 0.29) is 30.0 Å². The average Bonchev–Trinajstić information content (AvgIpc) is 3.05. The monoisotopic (exact) mass is 517 g/mol. The van der Waals surface area contributed by atoms with Gasteiger partial charge in [-0.05, 0) is 82.0 Å². The molecule has 1 aliphatic heterocycles. The van der Waals surface area contributed by atoms with Crippen LogP contribution in [0.25, 0.3) is 0 Å². The van der Waals surface area contributed by atoms with Crippen LogP contribution in [0.4, 0.5) is 0 Å². The van der Waals surface area contributed by atoms with Crippen LogP contribution < -0.4 is 11.1 Å². The lowest BCUT2D eigenvalue weighted by Gasteiger charge is -2.37. The smallest absolute Gasteiger partial charge is 0.137 e. The maximum absolute atomic E-state index is 11.3. The van der Waals surface area contributed by atoms with E-state index in [9.17, 15) is 15.3 Å². The number of ether oxygens (including phenoxy) is 1. The van der Waals surface area contributed by atoms with Gasteiger partial charge in [0.1, 0.15) is 6.17 Å². The minimum atomic E-state index is -0.570. The van der Waals surface area contributed by atoms with E-state index in [1.807, 2.05) is 0 Å². The Morgan fingerprint density at radius 2 is 1.76 bits per heavy atom. The van der Waals surface area contributed by atoms with E-state index in [1.165, 1.54) is 6.42 Å². The number of fused-ring (bicyclic) bond motifs is 1. The first-order valence-corrected chi connectivity index (χ1v) is 15.4. The van der Waals surface area contributed by atoms with Crippen molar-refractivity contribution >= 4 is 0 Å². The highest BCUT2D eigenvalue weighted by molar-refractivity contribution is 5.19. The van der Waals surface area contributed by atoms with Gasteiger partial charge in [-0.1, -0.05) is 43.8 Å². The predicted molar refractivity (Wildman–Crippen MR) is 146 cm³/mol. The highest BCUT2D eigenvalue weighted by Crippen LogP contribution is 2.40. The normalized spacial score (nSPS) is 43.2. The summed E-state index contributed by atoms with van der Waals surface area (Å²) in [4.78, 5) is 0. The third-order valence-corrected chi connectivity index (χ3v) is 9.77. The van der Waals surface area contributed by atoms with Crippen molar-refractivity contribution in [1.29, 1.82) is 0 Å². The molecule has 4 aliphatic rings. The summed E-state index contributed by atoms with van der Waals surface area (Å²) in [6, 6.07) is 0. The Morgan fingerprint density at radius 3 is 2.57 bits per heavy atom. The molecule has 6 nitrogen and oxygen atoms in total. The van der Waals surface area contributed by atoms with Crippen LogP contribution in [0.15, 0.2) is 12.2 Å². The first-order chi connectivity index (χ1) is 17.9. The molecule has 5 unspecified atom stereocenters. The van der Waals surface area contributed by atoms with Crippen LogP contribution in [0.3, 0.4) is 0 Å². The molecule has 0 aromatic carbocycles. The van der Waals surface area contributed by atoms with Gasteiger partial charge in [0.25, 0.3) is 0 Å². The molecule has 1 saturated heterocycles. The van der Waals surface area contributed by atoms with E-state index in [1.54, 1.807) is 0 Å². The molecule has 0 amide bonds. The molecule has 0 aromatic heterocycles. The number of quaternary nitrogens is 1. The molecule has 11 atom stereocenters. The number of rotatable bonds is 7. The summed E-state index contributed by atoms with van der Waals surface area (Å²) in [5.41, 5.74) is 6.09. The topological polar surface area (TPSA) is 113 Å². The molecule has 0 radical (unpaired) electrons. The quantitative estimate of drug-likeness (QED) is 0.203. The number of aliphatic hydroxyl groups excluding tert-OH is 3. The maximum Gasteiger partial charge on any atom is 0.137 e. The number of aliphatic hydroxyl groups is 3. The van der Waals surface area contributed by atoms with Crippen molar-refractivity contribution in [3.05, 3.63) is 12.2 Å². The molecule has 0 spiro atoms. The zero-order chi connectivity index (χ0) is 26.2. The molecule has 7 N–H and O–H groups in total. The van der Waals surface area contributed by atoms with Gasteiger partial charge in [-0.25, -0.2) is 0 Å². The lowest BCUT2D eigenvalue weighted by molar-refractivity contribution is -0.699. The van der Waals surface area contributed by atoms with Gasteiger partial charge in [0.05, 0.1) is 31.0 Å². The lowest BCUT2D eigenvalue weighted by atomic mass is 9.74. The number of hydrogen-bond acceptors (Lipinski definition) is 5. The van der Waals surface area contributed by atoms with Crippen LogP contribution in [-0.2, 0) is 4.74 Å². The SMILES string of the molecule is CC[C@H]1C#C[C@@H]2C=C[C@@H](C3CCC(O)C(OCCCC4CC[NH2+]C(N)C4)C3)C[C@@H](O)[C@@H]2[C@@H](O)CCCC1. The Morgan fingerprint density at radius 1 is 0.919 bits per heavy atom. The molecule has 210 valence electrons. The minimum Gasteiger partial charge on any atom is -0.393 e. The summed E-state index contributed by atoms with van der Waals surface area (Å²) in [6.45, 7) is 4.02. The Balaban J connectivity index is 1.34. The summed E-state index contributed by atoms with van der Waals surface area (Å²) in [5, 5.41) is 35.3. The van der Waals surface area contributed by atoms with Crippen molar-refractivity contribution in [2.24, 2.45) is 41.2 Å². The van der Waals surface area contributed by atoms with Crippen molar-refractivity contribution in [1.82, 2.24) is 0 Å². The molecule has 1 saturated carbocycles. The van der Waals surface area contributed by atoms with Gasteiger partial charge in [-0.2, -0.15) is 0 Å². The number of nitrogens with two attached hydrogens (primary N) is 2. The molecular weight excluding hydrogens is 464 g/mol. The fraction of sp³-hybridized carbons (Fsp3) is 0.871. The Kier molecular flexibility index (Phi) is 11.3. The van der Waals surface area contributed by atoms with Gasteiger partial charge < -0.3 is 25.4 Å². The van der Waals surface area contributed by atoms with Crippen molar-refractivity contribution in [2.45, 2.75) is 121 Å². The molecule has 0 bridgehead atoms. The highest BCUT2D eigenvalue weighted by atomic mass is 16.5. The zero-order valence-corrected chi connectivity index (χ0v) is 23.0. The Labute approximate surface area is 224 Å². The van der Waals surface area contributed by atoms with Crippen molar-refractivity contribution in [3.63, 3.8) is 0 Å². The Bertz CT molecular complexity index is 779. The number of allylic oxidation sites excluding steroid dienone is 2. The largest absolute Gasteiger partial charge is 0.393 e. The van der Waals surface area contributed by atoms with Crippen LogP contribution in [0.1, 0.15) is 90.4 Å². The van der Waals surface area contributed by atoms with Crippen LogP contribution >= 0.6 is 0 Å². The summed E-state index contributed by atoms with van der Waals surface area (Å²) >= 11 is 0. The first kappa shape index (κ1) is 29.1. The van der Waals surface area contributed by atoms with Gasteiger partial charge >= 0.3 is 0 Å². The van der Waals surface area contributed by atoms with Crippen molar-refractivity contribution in [2.75, 3.05) is 13.2 Å². The third kappa shape index (κ3) is 8.27. The van der Waals surface area contributed by atoms with Crippen molar-refractivity contribution in [3.8, 4) is 11.8 Å². The van der Waals surface area contributed by atoms with Gasteiger partial charge in [0.2, 0.25) is 0 Å². The summed E-state index contributed by atoms with van der Waals surface area (Å²) < 4.78 is 6.25. The molecular formula is C31H53N2O4+. The minimum absolute atomic E-state index is 0.103. The van der Waals surface area contributed by atoms with Crippen molar-refractivity contribution < 1.29 is 25.4 Å². The Hall–Kier alpha value is -0.940. The van der Waals surface area contributed by atoms with Crippen LogP contribution in [0.5, 0.6) is 0 Å². The third-order valence-electron chi connectivity index (χ3n) is 9.77. The first-order valence-electron chi connectivity index (χ1n) is 15.4. The van der Waals surface area contributed by atoms with Gasteiger partial charge in [-0.15, -0.1) is 0 Å². The molecule has 4 rings (SSSR count). The number of piperidine rings is 1. The van der Waals surface area contributed by atoms with E-state index < -0.39 is 18.3 Å². The van der Waals surface area contributed by atoms with Crippen LogP contribution in [0.2, 0.25) is 0 Å². The predicted octanol–water partition coefficient (Wildman–Crippen LogP) is 2.70. The summed E-state index contributed by atoms with van der Waals surface area (Å²) in [6.07, 6.45) is 15.7. The second kappa shape index (κ2) is 14.4. The van der Waals surface area contributed by atoms with Gasteiger partial charge in [0, 0.05) is 30.8 Å².